The highest BCUT2D eigenvalue weighted by atomic mass is 16.7. The third-order valence-electron chi connectivity index (χ3n) is 0.977. The molecule has 1 rings (SSSR count). The van der Waals surface area contributed by atoms with E-state index in [4.69, 9.17) is 0 Å². The van der Waals surface area contributed by atoms with Crippen LogP contribution in [0.25, 0.3) is 0 Å². The second-order valence-corrected chi connectivity index (χ2v) is 1.52. The highest BCUT2D eigenvalue weighted by Gasteiger charge is 2.03. The van der Waals surface area contributed by atoms with Crippen LogP contribution in [0.3, 0.4) is 0 Å². The summed E-state index contributed by atoms with van der Waals surface area (Å²) in [6, 6.07) is 0. The predicted octanol–water partition coefficient (Wildman–Crippen LogP) is -0.0538. The summed E-state index contributed by atoms with van der Waals surface area (Å²) in [5.41, 5.74) is 0. The van der Waals surface area contributed by atoms with E-state index in [1.807, 2.05) is 12.2 Å². The fourth-order valence-electron chi connectivity index (χ4n) is 0.606. The van der Waals surface area contributed by atoms with Gasteiger partial charge in [0.2, 0.25) is 0 Å². The monoisotopic (exact) mass is 113 g/mol. The minimum absolute atomic E-state index is 0.438. The molecule has 3 heteroatoms. The number of nitrogens with zero attached hydrogens (tertiary/aromatic N) is 1. The number of rotatable bonds is 2. The van der Waals surface area contributed by atoms with Gasteiger partial charge < -0.3 is 4.84 Å². The minimum Gasteiger partial charge on any atom is -0.370 e. The Morgan fingerprint density at radius 1 is 1.50 bits per heavy atom. The molecule has 0 aromatic carbocycles. The van der Waals surface area contributed by atoms with E-state index in [0.29, 0.717) is 6.47 Å². The van der Waals surface area contributed by atoms with Crippen molar-refractivity contribution in [3.8, 4) is 0 Å². The first-order valence-electron chi connectivity index (χ1n) is 2.44. The molecule has 0 radical (unpaired) electrons. The average molecular weight is 113 g/mol. The summed E-state index contributed by atoms with van der Waals surface area (Å²) in [4.78, 5) is 14.2. The SMILES string of the molecule is O=CON1CC=CC1. The van der Waals surface area contributed by atoms with Gasteiger partial charge in [-0.3, -0.25) is 4.79 Å². The van der Waals surface area contributed by atoms with Crippen molar-refractivity contribution in [3.05, 3.63) is 12.2 Å². The van der Waals surface area contributed by atoms with E-state index in [0.717, 1.165) is 13.1 Å². The Kier molecular flexibility index (Phi) is 1.64. The normalized spacial score (nSPS) is 19.0. The molecule has 0 aromatic rings. The molecule has 3 nitrogen and oxygen atoms in total. The lowest BCUT2D eigenvalue weighted by Crippen LogP contribution is -2.19. The van der Waals surface area contributed by atoms with Crippen LogP contribution in [0.4, 0.5) is 0 Å². The van der Waals surface area contributed by atoms with Crippen molar-refractivity contribution < 1.29 is 9.63 Å². The first-order valence-corrected chi connectivity index (χ1v) is 2.44. The van der Waals surface area contributed by atoms with E-state index in [1.54, 1.807) is 5.06 Å². The maximum atomic E-state index is 9.67. The molecular formula is C5H7NO2. The van der Waals surface area contributed by atoms with Crippen molar-refractivity contribution >= 4 is 6.47 Å². The van der Waals surface area contributed by atoms with Crippen LogP contribution in [0.1, 0.15) is 0 Å². The molecule has 0 spiro atoms. The molecule has 0 unspecified atom stereocenters. The lowest BCUT2D eigenvalue weighted by molar-refractivity contribution is -0.166. The molecule has 8 heavy (non-hydrogen) atoms. The van der Waals surface area contributed by atoms with Crippen LogP contribution in [0.15, 0.2) is 12.2 Å². The molecule has 0 atom stereocenters. The van der Waals surface area contributed by atoms with Crippen LogP contribution in [0.5, 0.6) is 0 Å². The highest BCUT2D eigenvalue weighted by molar-refractivity contribution is 5.36. The molecule has 0 amide bonds. The van der Waals surface area contributed by atoms with Gasteiger partial charge in [-0.05, 0) is 0 Å². The fraction of sp³-hybridized carbons (Fsp3) is 0.400. The molecule has 0 fully saturated rings. The largest absolute Gasteiger partial charge is 0.370 e. The van der Waals surface area contributed by atoms with Gasteiger partial charge >= 0.3 is 6.47 Å². The Hall–Kier alpha value is -0.830. The van der Waals surface area contributed by atoms with Gasteiger partial charge in [0.1, 0.15) is 0 Å². The van der Waals surface area contributed by atoms with E-state index in [-0.39, 0.29) is 0 Å². The average Bonchev–Trinajstić information content (AvgIpc) is 2.19. The summed E-state index contributed by atoms with van der Waals surface area (Å²) in [7, 11) is 0. The third kappa shape index (κ3) is 1.07. The first-order chi connectivity index (χ1) is 3.93. The van der Waals surface area contributed by atoms with E-state index < -0.39 is 0 Å². The molecule has 1 aliphatic rings. The smallest absolute Gasteiger partial charge is 0.313 e. The Morgan fingerprint density at radius 3 is 2.62 bits per heavy atom. The van der Waals surface area contributed by atoms with Crippen molar-refractivity contribution in [2.24, 2.45) is 0 Å². The quantitative estimate of drug-likeness (QED) is 0.371. The molecule has 0 aliphatic carbocycles. The van der Waals surface area contributed by atoms with Gasteiger partial charge in [0.25, 0.3) is 0 Å². The number of carbonyl (C=O) groups is 1. The van der Waals surface area contributed by atoms with Gasteiger partial charge in [-0.1, -0.05) is 12.2 Å². The van der Waals surface area contributed by atoms with Crippen molar-refractivity contribution in [2.75, 3.05) is 13.1 Å². The van der Waals surface area contributed by atoms with Gasteiger partial charge in [-0.15, -0.1) is 5.06 Å². The topological polar surface area (TPSA) is 29.5 Å². The first kappa shape index (κ1) is 5.31. The molecular weight excluding hydrogens is 106 g/mol. The molecule has 0 aromatic heterocycles. The summed E-state index contributed by atoms with van der Waals surface area (Å²) >= 11 is 0. The molecule has 0 saturated heterocycles. The van der Waals surface area contributed by atoms with E-state index >= 15 is 0 Å². The third-order valence-corrected chi connectivity index (χ3v) is 0.977. The van der Waals surface area contributed by atoms with Crippen LogP contribution < -0.4 is 0 Å². The molecule has 1 heterocycles. The maximum absolute atomic E-state index is 9.67. The Labute approximate surface area is 47.5 Å². The van der Waals surface area contributed by atoms with Crippen molar-refractivity contribution in [3.63, 3.8) is 0 Å². The van der Waals surface area contributed by atoms with E-state index in [9.17, 15) is 4.79 Å². The summed E-state index contributed by atoms with van der Waals surface area (Å²) in [6.07, 6.45) is 3.90. The van der Waals surface area contributed by atoms with Gasteiger partial charge in [0.05, 0.1) is 13.1 Å². The van der Waals surface area contributed by atoms with Crippen LogP contribution in [-0.2, 0) is 9.63 Å². The van der Waals surface area contributed by atoms with Crippen LogP contribution >= 0.6 is 0 Å². The second kappa shape index (κ2) is 2.47. The Morgan fingerprint density at radius 2 is 2.12 bits per heavy atom. The standard InChI is InChI=1S/C5H7NO2/c7-5-8-6-3-1-2-4-6/h1-2,5H,3-4H2. The molecule has 0 saturated carbocycles. The maximum Gasteiger partial charge on any atom is 0.313 e. The summed E-state index contributed by atoms with van der Waals surface area (Å²) in [5, 5.41) is 1.56. The molecule has 0 bridgehead atoms. The number of hydroxylamine groups is 2. The summed E-state index contributed by atoms with van der Waals surface area (Å²) in [5.74, 6) is 0. The summed E-state index contributed by atoms with van der Waals surface area (Å²) < 4.78 is 0. The van der Waals surface area contributed by atoms with E-state index in [2.05, 4.69) is 4.84 Å². The lowest BCUT2D eigenvalue weighted by Gasteiger charge is -2.08. The zero-order valence-electron chi connectivity index (χ0n) is 4.41. The Bertz CT molecular complexity index is 103. The zero-order chi connectivity index (χ0) is 5.82. The summed E-state index contributed by atoms with van der Waals surface area (Å²) in [6.45, 7) is 1.88. The molecule has 0 N–H and O–H groups in total. The van der Waals surface area contributed by atoms with Gasteiger partial charge in [-0.2, -0.15) is 0 Å². The van der Waals surface area contributed by atoms with Crippen LogP contribution in [-0.4, -0.2) is 24.6 Å². The zero-order valence-corrected chi connectivity index (χ0v) is 4.41. The van der Waals surface area contributed by atoms with Crippen LogP contribution in [0.2, 0.25) is 0 Å². The van der Waals surface area contributed by atoms with Crippen molar-refractivity contribution in [2.45, 2.75) is 0 Å². The van der Waals surface area contributed by atoms with Crippen LogP contribution in [0, 0.1) is 0 Å². The lowest BCUT2D eigenvalue weighted by atomic mass is 10.6. The number of hydrogen-bond donors (Lipinski definition) is 0. The minimum atomic E-state index is 0.438. The number of hydrogen-bond acceptors (Lipinski definition) is 3. The molecule has 44 valence electrons. The fourth-order valence-corrected chi connectivity index (χ4v) is 0.606. The second-order valence-electron chi connectivity index (χ2n) is 1.52. The van der Waals surface area contributed by atoms with Gasteiger partial charge in [-0.25, -0.2) is 0 Å². The van der Waals surface area contributed by atoms with E-state index in [1.165, 1.54) is 0 Å². The Balaban J connectivity index is 2.19. The number of carbonyl (C=O) groups excluding carboxylic acids is 1. The predicted molar refractivity (Wildman–Crippen MR) is 27.9 cm³/mol. The van der Waals surface area contributed by atoms with Crippen molar-refractivity contribution in [1.29, 1.82) is 0 Å². The van der Waals surface area contributed by atoms with Gasteiger partial charge in [0.15, 0.2) is 0 Å². The van der Waals surface area contributed by atoms with Crippen molar-refractivity contribution in [1.82, 2.24) is 5.06 Å². The molecule has 1 aliphatic heterocycles. The highest BCUT2D eigenvalue weighted by Crippen LogP contribution is 1.96. The van der Waals surface area contributed by atoms with Gasteiger partial charge in [0, 0.05) is 0 Å².